The summed E-state index contributed by atoms with van der Waals surface area (Å²) in [5, 5.41) is 3.13. The van der Waals surface area contributed by atoms with Gasteiger partial charge in [-0.25, -0.2) is 0 Å². The Labute approximate surface area is 139 Å². The molecule has 0 bridgehead atoms. The third-order valence-corrected chi connectivity index (χ3v) is 4.49. The Kier molecular flexibility index (Phi) is 5.59. The van der Waals surface area contributed by atoms with Crippen LogP contribution in [0.25, 0.3) is 0 Å². The van der Waals surface area contributed by atoms with Gasteiger partial charge < -0.3 is 5.32 Å². The van der Waals surface area contributed by atoms with E-state index in [0.29, 0.717) is 6.42 Å². The quantitative estimate of drug-likeness (QED) is 0.850. The minimum atomic E-state index is 0.0415. The van der Waals surface area contributed by atoms with E-state index in [1.54, 1.807) is 0 Å². The van der Waals surface area contributed by atoms with Gasteiger partial charge in [0.15, 0.2) is 0 Å². The smallest absolute Gasteiger partial charge is 0.220 e. The van der Waals surface area contributed by atoms with Crippen LogP contribution in [0.3, 0.4) is 0 Å². The first-order valence-electron chi connectivity index (χ1n) is 8.29. The normalized spacial score (nSPS) is 12.0. The second-order valence-electron chi connectivity index (χ2n) is 6.57. The van der Waals surface area contributed by atoms with Gasteiger partial charge in [0.2, 0.25) is 5.91 Å². The van der Waals surface area contributed by atoms with Gasteiger partial charge in [0, 0.05) is 6.42 Å². The zero-order chi connectivity index (χ0) is 17.0. The van der Waals surface area contributed by atoms with Crippen molar-refractivity contribution in [3.63, 3.8) is 0 Å². The lowest BCUT2D eigenvalue weighted by molar-refractivity contribution is -0.121. The van der Waals surface area contributed by atoms with Crippen LogP contribution >= 0.6 is 0 Å². The summed E-state index contributed by atoms with van der Waals surface area (Å²) in [4.78, 5) is 12.2. The van der Waals surface area contributed by atoms with Crippen LogP contribution in [-0.4, -0.2) is 5.91 Å². The standard InChI is InChI=1S/C21H27NO/c1-14-6-8-19(9-7-14)10-11-21(23)22-18(5)20-13-16(3)15(2)12-17(20)4/h6-9,12-13,18H,10-11H2,1-5H3,(H,22,23)/t18-/m0/s1. The fourth-order valence-corrected chi connectivity index (χ4v) is 2.85. The van der Waals surface area contributed by atoms with Gasteiger partial charge in [-0.3, -0.25) is 4.79 Å². The lowest BCUT2D eigenvalue weighted by atomic mass is 9.96. The van der Waals surface area contributed by atoms with Crippen molar-refractivity contribution in [2.24, 2.45) is 0 Å². The molecule has 2 nitrogen and oxygen atoms in total. The highest BCUT2D eigenvalue weighted by atomic mass is 16.1. The number of aryl methyl sites for hydroxylation is 5. The maximum absolute atomic E-state index is 12.2. The van der Waals surface area contributed by atoms with E-state index >= 15 is 0 Å². The molecule has 0 heterocycles. The molecular weight excluding hydrogens is 282 g/mol. The summed E-state index contributed by atoms with van der Waals surface area (Å²) >= 11 is 0. The van der Waals surface area contributed by atoms with Crippen molar-refractivity contribution in [3.05, 3.63) is 69.8 Å². The fraction of sp³-hybridized carbons (Fsp3) is 0.381. The Morgan fingerprint density at radius 2 is 1.57 bits per heavy atom. The van der Waals surface area contributed by atoms with Crippen molar-refractivity contribution in [3.8, 4) is 0 Å². The molecule has 2 aromatic rings. The van der Waals surface area contributed by atoms with Crippen LogP contribution in [0.1, 0.15) is 52.8 Å². The molecule has 0 saturated carbocycles. The van der Waals surface area contributed by atoms with E-state index in [1.807, 2.05) is 0 Å². The SMILES string of the molecule is Cc1ccc(CCC(=O)N[C@@H](C)c2cc(C)c(C)cc2C)cc1. The largest absolute Gasteiger partial charge is 0.350 e. The van der Waals surface area contributed by atoms with Crippen LogP contribution in [0.2, 0.25) is 0 Å². The number of carbonyl (C=O) groups is 1. The monoisotopic (exact) mass is 309 g/mol. The molecule has 0 fully saturated rings. The molecule has 1 atom stereocenters. The van der Waals surface area contributed by atoms with Gasteiger partial charge in [0.25, 0.3) is 0 Å². The average Bonchev–Trinajstić information content (AvgIpc) is 2.50. The summed E-state index contributed by atoms with van der Waals surface area (Å²) in [6, 6.07) is 12.8. The molecule has 0 aliphatic rings. The van der Waals surface area contributed by atoms with Crippen molar-refractivity contribution in [2.45, 2.75) is 53.5 Å². The van der Waals surface area contributed by atoms with Crippen LogP contribution in [0.4, 0.5) is 0 Å². The molecule has 0 spiro atoms. The van der Waals surface area contributed by atoms with Crippen LogP contribution in [0.5, 0.6) is 0 Å². The van der Waals surface area contributed by atoms with Crippen LogP contribution < -0.4 is 5.32 Å². The van der Waals surface area contributed by atoms with Crippen molar-refractivity contribution in [1.82, 2.24) is 5.32 Å². The number of nitrogens with one attached hydrogen (secondary N) is 1. The Hall–Kier alpha value is -2.09. The molecule has 122 valence electrons. The van der Waals surface area contributed by atoms with E-state index < -0.39 is 0 Å². The second-order valence-corrected chi connectivity index (χ2v) is 6.57. The third-order valence-electron chi connectivity index (χ3n) is 4.49. The molecule has 1 amide bonds. The maximum Gasteiger partial charge on any atom is 0.220 e. The van der Waals surface area contributed by atoms with Crippen LogP contribution in [0, 0.1) is 27.7 Å². The van der Waals surface area contributed by atoms with Crippen molar-refractivity contribution in [2.75, 3.05) is 0 Å². The van der Waals surface area contributed by atoms with E-state index in [0.717, 1.165) is 6.42 Å². The summed E-state index contributed by atoms with van der Waals surface area (Å²) in [5.41, 5.74) is 7.46. The van der Waals surface area contributed by atoms with Gasteiger partial charge in [-0.15, -0.1) is 0 Å². The van der Waals surface area contributed by atoms with E-state index in [-0.39, 0.29) is 11.9 Å². The molecule has 2 heteroatoms. The lowest BCUT2D eigenvalue weighted by Crippen LogP contribution is -2.27. The average molecular weight is 309 g/mol. The lowest BCUT2D eigenvalue weighted by Gasteiger charge is -2.18. The predicted octanol–water partition coefficient (Wildman–Crippen LogP) is 4.73. The molecule has 0 radical (unpaired) electrons. The van der Waals surface area contributed by atoms with E-state index in [1.165, 1.54) is 33.4 Å². The van der Waals surface area contributed by atoms with Crippen molar-refractivity contribution < 1.29 is 4.79 Å². The first-order chi connectivity index (χ1) is 10.9. The predicted molar refractivity (Wildman–Crippen MR) is 96.7 cm³/mol. The summed E-state index contributed by atoms with van der Waals surface area (Å²) in [5.74, 6) is 0.107. The zero-order valence-corrected chi connectivity index (χ0v) is 14.9. The summed E-state index contributed by atoms with van der Waals surface area (Å²) in [6.07, 6.45) is 1.31. The Morgan fingerprint density at radius 3 is 2.22 bits per heavy atom. The summed E-state index contributed by atoms with van der Waals surface area (Å²) in [6.45, 7) is 10.5. The Morgan fingerprint density at radius 1 is 0.957 bits per heavy atom. The second kappa shape index (κ2) is 7.45. The molecule has 2 aromatic carbocycles. The number of rotatable bonds is 5. The molecular formula is C21H27NO. The first kappa shape index (κ1) is 17.3. The van der Waals surface area contributed by atoms with Gasteiger partial charge in [0.05, 0.1) is 6.04 Å². The minimum absolute atomic E-state index is 0.0415. The fourth-order valence-electron chi connectivity index (χ4n) is 2.85. The molecule has 0 unspecified atom stereocenters. The number of carbonyl (C=O) groups excluding carboxylic acids is 1. The van der Waals surface area contributed by atoms with Gasteiger partial charge in [-0.2, -0.15) is 0 Å². The van der Waals surface area contributed by atoms with Crippen LogP contribution in [-0.2, 0) is 11.2 Å². The summed E-state index contributed by atoms with van der Waals surface area (Å²) < 4.78 is 0. The zero-order valence-electron chi connectivity index (χ0n) is 14.9. The van der Waals surface area contributed by atoms with Gasteiger partial charge in [0.1, 0.15) is 0 Å². The maximum atomic E-state index is 12.2. The topological polar surface area (TPSA) is 29.1 Å². The van der Waals surface area contributed by atoms with Crippen LogP contribution in [0.15, 0.2) is 36.4 Å². The Bertz CT molecular complexity index is 686. The number of hydrogen-bond donors (Lipinski definition) is 1. The molecule has 0 aliphatic carbocycles. The highest BCUT2D eigenvalue weighted by molar-refractivity contribution is 5.76. The highest BCUT2D eigenvalue weighted by Crippen LogP contribution is 2.21. The summed E-state index contributed by atoms with van der Waals surface area (Å²) in [7, 11) is 0. The highest BCUT2D eigenvalue weighted by Gasteiger charge is 2.13. The molecule has 23 heavy (non-hydrogen) atoms. The number of hydrogen-bond acceptors (Lipinski definition) is 1. The molecule has 2 rings (SSSR count). The molecule has 0 aromatic heterocycles. The minimum Gasteiger partial charge on any atom is -0.350 e. The van der Waals surface area contributed by atoms with E-state index in [4.69, 9.17) is 0 Å². The van der Waals surface area contributed by atoms with Crippen molar-refractivity contribution in [1.29, 1.82) is 0 Å². The van der Waals surface area contributed by atoms with E-state index in [2.05, 4.69) is 76.3 Å². The van der Waals surface area contributed by atoms with E-state index in [9.17, 15) is 4.79 Å². The molecule has 1 N–H and O–H groups in total. The number of benzene rings is 2. The third kappa shape index (κ3) is 4.69. The van der Waals surface area contributed by atoms with Gasteiger partial charge >= 0.3 is 0 Å². The van der Waals surface area contributed by atoms with Gasteiger partial charge in [-0.1, -0.05) is 42.0 Å². The molecule has 0 aliphatic heterocycles. The number of amides is 1. The molecule has 0 saturated heterocycles. The van der Waals surface area contributed by atoms with Gasteiger partial charge in [-0.05, 0) is 68.9 Å². The Balaban J connectivity index is 1.94. The first-order valence-corrected chi connectivity index (χ1v) is 8.29. The van der Waals surface area contributed by atoms with Crippen molar-refractivity contribution >= 4 is 5.91 Å².